The molecule has 1 heterocycles. The van der Waals surface area contributed by atoms with Crippen molar-refractivity contribution in [1.29, 1.82) is 0 Å². The highest BCUT2D eigenvalue weighted by atomic mass is 16.6. The third-order valence-corrected chi connectivity index (χ3v) is 2.83. The van der Waals surface area contributed by atoms with Crippen molar-refractivity contribution in [3.63, 3.8) is 0 Å². The molecule has 2 rings (SSSR count). The molecule has 23 heavy (non-hydrogen) atoms. The second-order valence-electron chi connectivity index (χ2n) is 5.07. The van der Waals surface area contributed by atoms with Crippen LogP contribution in [0.5, 0.6) is 5.75 Å². The first-order chi connectivity index (χ1) is 10.9. The van der Waals surface area contributed by atoms with Gasteiger partial charge in [0.25, 0.3) is 0 Å². The molecule has 0 aliphatic heterocycles. The van der Waals surface area contributed by atoms with E-state index < -0.39 is 5.97 Å². The SMILES string of the molecule is Cc1ccc(OCC(=O)OCc2nc(N)nc(N(C)C)n2)cc1. The summed E-state index contributed by atoms with van der Waals surface area (Å²) in [6, 6.07) is 7.38. The van der Waals surface area contributed by atoms with Crippen molar-refractivity contribution in [2.45, 2.75) is 13.5 Å². The molecule has 0 atom stereocenters. The topological polar surface area (TPSA) is 103 Å². The summed E-state index contributed by atoms with van der Waals surface area (Å²) in [5.74, 6) is 0.845. The van der Waals surface area contributed by atoms with E-state index in [0.717, 1.165) is 5.56 Å². The Bertz CT molecular complexity index is 673. The highest BCUT2D eigenvalue weighted by Gasteiger charge is 2.10. The molecule has 8 nitrogen and oxygen atoms in total. The van der Waals surface area contributed by atoms with Gasteiger partial charge in [0.2, 0.25) is 11.9 Å². The number of nitrogen functional groups attached to an aromatic ring is 1. The predicted molar refractivity (Wildman–Crippen MR) is 85.0 cm³/mol. The number of nitrogens with zero attached hydrogens (tertiary/aromatic N) is 4. The number of aryl methyl sites for hydroxylation is 1. The number of rotatable bonds is 6. The normalized spacial score (nSPS) is 10.2. The van der Waals surface area contributed by atoms with Crippen LogP contribution < -0.4 is 15.4 Å². The van der Waals surface area contributed by atoms with Crippen LogP contribution in [0.15, 0.2) is 24.3 Å². The molecule has 2 N–H and O–H groups in total. The van der Waals surface area contributed by atoms with Crippen molar-refractivity contribution >= 4 is 17.9 Å². The van der Waals surface area contributed by atoms with Crippen LogP contribution in [-0.2, 0) is 16.1 Å². The fourth-order valence-electron chi connectivity index (χ4n) is 1.65. The highest BCUT2D eigenvalue weighted by molar-refractivity contribution is 5.71. The minimum absolute atomic E-state index is 0.0747. The van der Waals surface area contributed by atoms with Gasteiger partial charge in [0.05, 0.1) is 0 Å². The van der Waals surface area contributed by atoms with Crippen molar-refractivity contribution < 1.29 is 14.3 Å². The smallest absolute Gasteiger partial charge is 0.344 e. The first-order valence-electron chi connectivity index (χ1n) is 6.97. The van der Waals surface area contributed by atoms with Crippen molar-refractivity contribution in [3.8, 4) is 5.75 Å². The monoisotopic (exact) mass is 317 g/mol. The minimum Gasteiger partial charge on any atom is -0.482 e. The lowest BCUT2D eigenvalue weighted by Gasteiger charge is -2.11. The second kappa shape index (κ2) is 7.39. The Morgan fingerprint density at radius 2 is 1.87 bits per heavy atom. The second-order valence-corrected chi connectivity index (χ2v) is 5.07. The molecule has 0 fully saturated rings. The van der Waals surface area contributed by atoms with Crippen LogP contribution in [0.25, 0.3) is 0 Å². The van der Waals surface area contributed by atoms with Gasteiger partial charge < -0.3 is 20.1 Å². The van der Waals surface area contributed by atoms with E-state index in [1.54, 1.807) is 31.1 Å². The number of hydrogen-bond donors (Lipinski definition) is 1. The molecule has 0 aliphatic carbocycles. The summed E-state index contributed by atoms with van der Waals surface area (Å²) in [4.78, 5) is 25.4. The van der Waals surface area contributed by atoms with Crippen LogP contribution in [0.4, 0.5) is 11.9 Å². The molecule has 0 spiro atoms. The van der Waals surface area contributed by atoms with Gasteiger partial charge in [-0.25, -0.2) is 4.79 Å². The highest BCUT2D eigenvalue weighted by Crippen LogP contribution is 2.11. The molecular formula is C15H19N5O3. The number of ether oxygens (including phenoxy) is 2. The Kier molecular flexibility index (Phi) is 5.29. The number of nitrogens with two attached hydrogens (primary N) is 1. The van der Waals surface area contributed by atoms with E-state index in [-0.39, 0.29) is 25.0 Å². The van der Waals surface area contributed by atoms with Gasteiger partial charge in [-0.2, -0.15) is 15.0 Å². The average molecular weight is 317 g/mol. The van der Waals surface area contributed by atoms with Gasteiger partial charge in [0.1, 0.15) is 5.75 Å². The van der Waals surface area contributed by atoms with Gasteiger partial charge in [0, 0.05) is 14.1 Å². The molecule has 0 unspecified atom stereocenters. The van der Waals surface area contributed by atoms with Crippen molar-refractivity contribution in [2.75, 3.05) is 31.3 Å². The van der Waals surface area contributed by atoms with E-state index in [1.807, 2.05) is 19.1 Å². The Balaban J connectivity index is 1.85. The van der Waals surface area contributed by atoms with Crippen LogP contribution in [0.1, 0.15) is 11.4 Å². The maximum atomic E-state index is 11.7. The van der Waals surface area contributed by atoms with Crippen LogP contribution in [0.3, 0.4) is 0 Å². The van der Waals surface area contributed by atoms with E-state index in [2.05, 4.69) is 15.0 Å². The van der Waals surface area contributed by atoms with Gasteiger partial charge in [-0.05, 0) is 19.1 Å². The first-order valence-corrected chi connectivity index (χ1v) is 6.97. The number of carbonyl (C=O) groups excluding carboxylic acids is 1. The van der Waals surface area contributed by atoms with Gasteiger partial charge in [-0.3, -0.25) is 0 Å². The Morgan fingerprint density at radius 3 is 2.52 bits per heavy atom. The summed E-state index contributed by atoms with van der Waals surface area (Å²) in [6.45, 7) is 1.69. The van der Waals surface area contributed by atoms with Crippen LogP contribution in [0.2, 0.25) is 0 Å². The summed E-state index contributed by atoms with van der Waals surface area (Å²) in [5, 5.41) is 0. The molecule has 8 heteroatoms. The lowest BCUT2D eigenvalue weighted by Crippen LogP contribution is -2.18. The lowest BCUT2D eigenvalue weighted by atomic mass is 10.2. The fraction of sp³-hybridized carbons (Fsp3) is 0.333. The summed E-state index contributed by atoms with van der Waals surface area (Å²) < 4.78 is 10.4. The van der Waals surface area contributed by atoms with Crippen molar-refractivity contribution in [2.24, 2.45) is 0 Å². The zero-order chi connectivity index (χ0) is 16.8. The largest absolute Gasteiger partial charge is 0.482 e. The van der Waals surface area contributed by atoms with Crippen LogP contribution in [-0.4, -0.2) is 41.6 Å². The van der Waals surface area contributed by atoms with E-state index in [1.165, 1.54) is 0 Å². The number of hydrogen-bond acceptors (Lipinski definition) is 8. The zero-order valence-corrected chi connectivity index (χ0v) is 13.3. The maximum absolute atomic E-state index is 11.7. The van der Waals surface area contributed by atoms with Crippen LogP contribution >= 0.6 is 0 Å². The molecule has 2 aromatic rings. The minimum atomic E-state index is -0.518. The fourth-order valence-corrected chi connectivity index (χ4v) is 1.65. The first kappa shape index (κ1) is 16.5. The Morgan fingerprint density at radius 1 is 1.17 bits per heavy atom. The third-order valence-electron chi connectivity index (χ3n) is 2.83. The lowest BCUT2D eigenvalue weighted by molar-refractivity contribution is -0.147. The molecule has 0 bridgehead atoms. The molecule has 0 saturated heterocycles. The van der Waals surface area contributed by atoms with Gasteiger partial charge in [0.15, 0.2) is 19.0 Å². The zero-order valence-electron chi connectivity index (χ0n) is 13.3. The molecule has 1 aromatic heterocycles. The molecule has 0 aliphatic rings. The maximum Gasteiger partial charge on any atom is 0.344 e. The van der Waals surface area contributed by atoms with Crippen molar-refractivity contribution in [1.82, 2.24) is 15.0 Å². The third kappa shape index (κ3) is 5.10. The standard InChI is InChI=1S/C15H19N5O3/c1-10-4-6-11(7-5-10)22-9-13(21)23-8-12-17-14(16)19-15(18-12)20(2)3/h4-7H,8-9H2,1-3H3,(H2,16,17,18,19). The number of aromatic nitrogens is 3. The van der Waals surface area contributed by atoms with Gasteiger partial charge >= 0.3 is 5.97 Å². The number of carbonyl (C=O) groups is 1. The number of anilines is 2. The van der Waals surface area contributed by atoms with Crippen molar-refractivity contribution in [3.05, 3.63) is 35.7 Å². The number of esters is 1. The molecule has 122 valence electrons. The Labute approximate surface area is 134 Å². The van der Waals surface area contributed by atoms with E-state index in [9.17, 15) is 4.79 Å². The Hall–Kier alpha value is -2.90. The summed E-state index contributed by atoms with van der Waals surface area (Å²) in [7, 11) is 3.56. The van der Waals surface area contributed by atoms with Gasteiger partial charge in [-0.15, -0.1) is 0 Å². The quantitative estimate of drug-likeness (QED) is 0.785. The summed E-state index contributed by atoms with van der Waals surface area (Å²) >= 11 is 0. The van der Waals surface area contributed by atoms with E-state index in [0.29, 0.717) is 11.7 Å². The molecule has 0 saturated carbocycles. The molecular weight excluding hydrogens is 298 g/mol. The van der Waals surface area contributed by atoms with E-state index >= 15 is 0 Å². The van der Waals surface area contributed by atoms with E-state index in [4.69, 9.17) is 15.2 Å². The number of benzene rings is 1. The van der Waals surface area contributed by atoms with Crippen LogP contribution in [0, 0.1) is 6.92 Å². The molecule has 0 amide bonds. The summed E-state index contributed by atoms with van der Waals surface area (Å²) in [5.41, 5.74) is 6.71. The predicted octanol–water partition coefficient (Wildman–Crippen LogP) is 0.950. The average Bonchev–Trinajstić information content (AvgIpc) is 2.52. The molecule has 0 radical (unpaired) electrons. The summed E-state index contributed by atoms with van der Waals surface area (Å²) in [6.07, 6.45) is 0. The van der Waals surface area contributed by atoms with Gasteiger partial charge in [-0.1, -0.05) is 17.7 Å². The molecule has 1 aromatic carbocycles.